The highest BCUT2D eigenvalue weighted by Gasteiger charge is 2.17. The SMILES string of the molecule is Cc1ccc(Cn2cc(Cl)c(NC(=O)c3nc4ncccn4n3)n2)cc1. The van der Waals surface area contributed by atoms with Crippen LogP contribution in [0.4, 0.5) is 5.82 Å². The maximum atomic E-state index is 12.4. The molecule has 0 spiro atoms. The number of carbonyl (C=O) groups is 1. The van der Waals surface area contributed by atoms with Gasteiger partial charge < -0.3 is 5.32 Å². The Bertz CT molecular complexity index is 1050. The van der Waals surface area contributed by atoms with E-state index >= 15 is 0 Å². The van der Waals surface area contributed by atoms with Gasteiger partial charge in [-0.25, -0.2) is 9.50 Å². The summed E-state index contributed by atoms with van der Waals surface area (Å²) in [6.45, 7) is 2.58. The number of hydrogen-bond acceptors (Lipinski definition) is 5. The molecule has 0 radical (unpaired) electrons. The molecule has 0 aliphatic rings. The number of aryl methyl sites for hydroxylation is 1. The van der Waals surface area contributed by atoms with Gasteiger partial charge >= 0.3 is 0 Å². The van der Waals surface area contributed by atoms with Crippen molar-refractivity contribution >= 4 is 29.1 Å². The number of carbonyl (C=O) groups excluding carboxylic acids is 1. The van der Waals surface area contributed by atoms with Gasteiger partial charge in [0.15, 0.2) is 5.82 Å². The first-order valence-corrected chi connectivity index (χ1v) is 8.23. The van der Waals surface area contributed by atoms with Gasteiger partial charge in [-0.2, -0.15) is 10.1 Å². The Hall–Kier alpha value is -3.26. The van der Waals surface area contributed by atoms with Crippen LogP contribution in [-0.4, -0.2) is 35.3 Å². The Morgan fingerprint density at radius 1 is 1.23 bits per heavy atom. The number of anilines is 1. The fourth-order valence-corrected chi connectivity index (χ4v) is 2.63. The van der Waals surface area contributed by atoms with E-state index in [1.165, 1.54) is 10.1 Å². The highest BCUT2D eigenvalue weighted by Crippen LogP contribution is 2.20. The predicted octanol–water partition coefficient (Wildman–Crippen LogP) is 2.58. The van der Waals surface area contributed by atoms with Crippen molar-refractivity contribution in [2.24, 2.45) is 0 Å². The van der Waals surface area contributed by atoms with Gasteiger partial charge in [0.2, 0.25) is 5.82 Å². The summed E-state index contributed by atoms with van der Waals surface area (Å²) in [4.78, 5) is 20.5. The third-order valence-electron chi connectivity index (χ3n) is 3.73. The highest BCUT2D eigenvalue weighted by atomic mass is 35.5. The number of nitrogens with zero attached hydrogens (tertiary/aromatic N) is 6. The molecule has 26 heavy (non-hydrogen) atoms. The van der Waals surface area contributed by atoms with E-state index in [0.717, 1.165) is 5.56 Å². The van der Waals surface area contributed by atoms with Crippen molar-refractivity contribution in [1.82, 2.24) is 29.4 Å². The molecule has 1 amide bonds. The van der Waals surface area contributed by atoms with Gasteiger partial charge in [-0.05, 0) is 18.6 Å². The maximum absolute atomic E-state index is 12.4. The number of amides is 1. The summed E-state index contributed by atoms with van der Waals surface area (Å²) in [7, 11) is 0. The summed E-state index contributed by atoms with van der Waals surface area (Å²) < 4.78 is 3.09. The van der Waals surface area contributed by atoms with Gasteiger partial charge in [-0.3, -0.25) is 9.48 Å². The Morgan fingerprint density at radius 2 is 2.04 bits per heavy atom. The van der Waals surface area contributed by atoms with Crippen LogP contribution >= 0.6 is 11.6 Å². The maximum Gasteiger partial charge on any atom is 0.296 e. The predicted molar refractivity (Wildman–Crippen MR) is 96.3 cm³/mol. The molecular weight excluding hydrogens is 354 g/mol. The third kappa shape index (κ3) is 3.27. The zero-order chi connectivity index (χ0) is 18.1. The van der Waals surface area contributed by atoms with Crippen molar-refractivity contribution in [3.63, 3.8) is 0 Å². The molecule has 130 valence electrons. The lowest BCUT2D eigenvalue weighted by atomic mass is 10.1. The molecule has 0 aliphatic carbocycles. The molecule has 0 unspecified atom stereocenters. The number of fused-ring (bicyclic) bond motifs is 1. The summed E-state index contributed by atoms with van der Waals surface area (Å²) in [5, 5.41) is 11.4. The largest absolute Gasteiger partial charge is 0.301 e. The van der Waals surface area contributed by atoms with Crippen LogP contribution in [0.15, 0.2) is 48.9 Å². The van der Waals surface area contributed by atoms with Crippen molar-refractivity contribution in [1.29, 1.82) is 0 Å². The van der Waals surface area contributed by atoms with E-state index in [1.54, 1.807) is 29.3 Å². The average molecular weight is 368 g/mol. The van der Waals surface area contributed by atoms with Crippen LogP contribution in [0.25, 0.3) is 5.78 Å². The van der Waals surface area contributed by atoms with Crippen LogP contribution in [0, 0.1) is 6.92 Å². The molecule has 0 bridgehead atoms. The smallest absolute Gasteiger partial charge is 0.296 e. The molecule has 4 aromatic rings. The molecule has 0 saturated carbocycles. The molecule has 1 aromatic carbocycles. The molecule has 0 atom stereocenters. The zero-order valence-corrected chi connectivity index (χ0v) is 14.6. The lowest BCUT2D eigenvalue weighted by Gasteiger charge is -2.02. The van der Waals surface area contributed by atoms with Crippen molar-refractivity contribution in [2.75, 3.05) is 5.32 Å². The molecule has 0 aliphatic heterocycles. The Morgan fingerprint density at radius 3 is 2.81 bits per heavy atom. The molecule has 8 nitrogen and oxygen atoms in total. The van der Waals surface area contributed by atoms with Crippen molar-refractivity contribution < 1.29 is 4.79 Å². The summed E-state index contributed by atoms with van der Waals surface area (Å²) in [6.07, 6.45) is 4.90. The van der Waals surface area contributed by atoms with Crippen LogP contribution in [0.1, 0.15) is 21.7 Å². The van der Waals surface area contributed by atoms with E-state index in [9.17, 15) is 4.79 Å². The van der Waals surface area contributed by atoms with E-state index in [0.29, 0.717) is 17.3 Å². The minimum atomic E-state index is -0.502. The first kappa shape index (κ1) is 16.2. The molecule has 4 rings (SSSR count). The molecule has 9 heteroatoms. The lowest BCUT2D eigenvalue weighted by Crippen LogP contribution is -2.15. The Balaban J connectivity index is 1.51. The van der Waals surface area contributed by atoms with Gasteiger partial charge in [-0.1, -0.05) is 41.4 Å². The summed E-state index contributed by atoms with van der Waals surface area (Å²) in [6, 6.07) is 9.82. The standard InChI is InChI=1S/C17H14ClN7O/c1-11-3-5-12(6-4-11)9-24-10-13(18)14(22-24)20-16(26)15-21-17-19-7-2-8-25(17)23-15/h2-8,10H,9H2,1H3,(H,20,22,26). The second-order valence-electron chi connectivity index (χ2n) is 5.76. The van der Waals surface area contributed by atoms with Gasteiger partial charge in [0.1, 0.15) is 5.02 Å². The number of benzene rings is 1. The van der Waals surface area contributed by atoms with Crippen molar-refractivity contribution in [3.8, 4) is 0 Å². The summed E-state index contributed by atoms with van der Waals surface area (Å²) >= 11 is 6.19. The fourth-order valence-electron chi connectivity index (χ4n) is 2.44. The van der Waals surface area contributed by atoms with Crippen molar-refractivity contribution in [2.45, 2.75) is 13.5 Å². The van der Waals surface area contributed by atoms with Crippen LogP contribution in [0.2, 0.25) is 5.02 Å². The highest BCUT2D eigenvalue weighted by molar-refractivity contribution is 6.33. The summed E-state index contributed by atoms with van der Waals surface area (Å²) in [5.41, 5.74) is 2.27. The average Bonchev–Trinajstić information content (AvgIpc) is 3.21. The molecule has 3 heterocycles. The minimum Gasteiger partial charge on any atom is -0.301 e. The zero-order valence-electron chi connectivity index (χ0n) is 13.8. The Kier molecular flexibility index (Phi) is 4.10. The first-order valence-electron chi connectivity index (χ1n) is 7.86. The fraction of sp³-hybridized carbons (Fsp3) is 0.118. The molecule has 0 saturated heterocycles. The van der Waals surface area contributed by atoms with E-state index in [1.807, 2.05) is 31.2 Å². The molecule has 0 fully saturated rings. The van der Waals surface area contributed by atoms with Gasteiger partial charge in [-0.15, -0.1) is 5.10 Å². The second kappa shape index (κ2) is 6.57. The van der Waals surface area contributed by atoms with E-state index in [-0.39, 0.29) is 11.6 Å². The monoisotopic (exact) mass is 367 g/mol. The van der Waals surface area contributed by atoms with E-state index < -0.39 is 5.91 Å². The first-order chi connectivity index (χ1) is 12.6. The quantitative estimate of drug-likeness (QED) is 0.598. The molecule has 1 N–H and O–H groups in total. The van der Waals surface area contributed by atoms with Crippen LogP contribution in [-0.2, 0) is 6.54 Å². The van der Waals surface area contributed by atoms with E-state index in [4.69, 9.17) is 11.6 Å². The number of hydrogen-bond donors (Lipinski definition) is 1. The number of rotatable bonds is 4. The van der Waals surface area contributed by atoms with E-state index in [2.05, 4.69) is 25.5 Å². The molecule has 3 aromatic heterocycles. The van der Waals surface area contributed by atoms with Gasteiger partial charge in [0.25, 0.3) is 11.7 Å². The second-order valence-corrected chi connectivity index (χ2v) is 6.17. The normalized spacial score (nSPS) is 11.0. The topological polar surface area (TPSA) is 90.0 Å². The number of halogens is 1. The minimum absolute atomic E-state index is 0.00662. The summed E-state index contributed by atoms with van der Waals surface area (Å²) in [5.74, 6) is 0.0927. The molecular formula is C17H14ClN7O. The van der Waals surface area contributed by atoms with Gasteiger partial charge in [0.05, 0.1) is 6.54 Å². The number of nitrogens with one attached hydrogen (secondary N) is 1. The van der Waals surface area contributed by atoms with Crippen LogP contribution in [0.5, 0.6) is 0 Å². The third-order valence-corrected chi connectivity index (χ3v) is 4.01. The van der Waals surface area contributed by atoms with Gasteiger partial charge in [0, 0.05) is 18.6 Å². The Labute approximate surface area is 153 Å². The van der Waals surface area contributed by atoms with Crippen molar-refractivity contribution in [3.05, 3.63) is 70.9 Å². The lowest BCUT2D eigenvalue weighted by molar-refractivity contribution is 0.101. The van der Waals surface area contributed by atoms with Crippen LogP contribution in [0.3, 0.4) is 0 Å². The number of aromatic nitrogens is 6. The van der Waals surface area contributed by atoms with Crippen LogP contribution < -0.4 is 5.32 Å².